The van der Waals surface area contributed by atoms with Gasteiger partial charge in [0.05, 0.1) is 19.3 Å². The number of aryl methyl sites for hydroxylation is 1. The van der Waals surface area contributed by atoms with Crippen LogP contribution in [0, 0.1) is 0 Å². The first-order valence-corrected chi connectivity index (χ1v) is 7.44. The van der Waals surface area contributed by atoms with Crippen molar-refractivity contribution in [1.29, 1.82) is 0 Å². The van der Waals surface area contributed by atoms with Crippen molar-refractivity contribution in [2.24, 2.45) is 12.9 Å². The molecule has 6 heteroatoms. The van der Waals surface area contributed by atoms with Crippen molar-refractivity contribution in [3.63, 3.8) is 0 Å². The van der Waals surface area contributed by atoms with Crippen molar-refractivity contribution in [3.05, 3.63) is 41.7 Å². The molecule has 5 nitrogen and oxygen atoms in total. The van der Waals surface area contributed by atoms with Gasteiger partial charge in [0.15, 0.2) is 5.75 Å². The van der Waals surface area contributed by atoms with Gasteiger partial charge in [-0.2, -0.15) is 5.10 Å². The van der Waals surface area contributed by atoms with E-state index in [0.29, 0.717) is 0 Å². The number of ether oxygens (including phenoxy) is 1. The van der Waals surface area contributed by atoms with Crippen LogP contribution in [0.3, 0.4) is 0 Å². The van der Waals surface area contributed by atoms with E-state index in [4.69, 9.17) is 10.6 Å². The van der Waals surface area contributed by atoms with Gasteiger partial charge < -0.3 is 4.74 Å². The minimum atomic E-state index is -0.155. The maximum absolute atomic E-state index is 5.73. The average Bonchev–Trinajstić information content (AvgIpc) is 2.83. The summed E-state index contributed by atoms with van der Waals surface area (Å²) in [6.07, 6.45) is 1.70. The Morgan fingerprint density at radius 1 is 1.40 bits per heavy atom. The van der Waals surface area contributed by atoms with Crippen molar-refractivity contribution in [2.75, 3.05) is 12.9 Å². The standard InChI is InChI=1S/C14H20N4OS/c1-4-20-11-7-5-10(6-8-11)13(17-15)14-12(19-3)9-16-18(14)2/h5-9,13,17H,4,15H2,1-3H3. The Morgan fingerprint density at radius 3 is 2.65 bits per heavy atom. The molecule has 2 rings (SSSR count). The molecule has 2 aromatic rings. The molecule has 0 bridgehead atoms. The number of hydrogen-bond donors (Lipinski definition) is 2. The Hall–Kier alpha value is -1.50. The third kappa shape index (κ3) is 2.98. The fourth-order valence-corrected chi connectivity index (χ4v) is 2.83. The third-order valence-electron chi connectivity index (χ3n) is 3.13. The highest BCUT2D eigenvalue weighted by Crippen LogP contribution is 2.30. The van der Waals surface area contributed by atoms with E-state index in [1.54, 1.807) is 18.0 Å². The Balaban J connectivity index is 2.34. The zero-order valence-corrected chi connectivity index (χ0v) is 12.8. The van der Waals surface area contributed by atoms with Crippen LogP contribution in [0.2, 0.25) is 0 Å². The first kappa shape index (κ1) is 14.9. The monoisotopic (exact) mass is 292 g/mol. The lowest BCUT2D eigenvalue weighted by atomic mass is 10.0. The van der Waals surface area contributed by atoms with Crippen molar-refractivity contribution < 1.29 is 4.74 Å². The van der Waals surface area contributed by atoms with Gasteiger partial charge in [0.1, 0.15) is 5.69 Å². The summed E-state index contributed by atoms with van der Waals surface area (Å²) in [5.41, 5.74) is 4.83. The topological polar surface area (TPSA) is 65.1 Å². The molecule has 3 N–H and O–H groups in total. The fraction of sp³-hybridized carbons (Fsp3) is 0.357. The van der Waals surface area contributed by atoms with Crippen LogP contribution < -0.4 is 16.0 Å². The number of nitrogens with zero attached hydrogens (tertiary/aromatic N) is 2. The van der Waals surface area contributed by atoms with E-state index in [1.165, 1.54) is 4.90 Å². The van der Waals surface area contributed by atoms with E-state index in [-0.39, 0.29) is 6.04 Å². The van der Waals surface area contributed by atoms with Crippen LogP contribution in [-0.4, -0.2) is 22.6 Å². The third-order valence-corrected chi connectivity index (χ3v) is 4.03. The molecule has 1 unspecified atom stereocenters. The number of hydrogen-bond acceptors (Lipinski definition) is 5. The minimum absolute atomic E-state index is 0.155. The molecule has 20 heavy (non-hydrogen) atoms. The number of nitrogens with two attached hydrogens (primary N) is 1. The zero-order chi connectivity index (χ0) is 14.5. The molecule has 0 saturated carbocycles. The summed E-state index contributed by atoms with van der Waals surface area (Å²) in [5.74, 6) is 7.52. The Bertz CT molecular complexity index is 553. The second-order valence-corrected chi connectivity index (χ2v) is 5.66. The van der Waals surface area contributed by atoms with Crippen LogP contribution in [-0.2, 0) is 7.05 Å². The normalized spacial score (nSPS) is 12.4. The molecule has 0 saturated heterocycles. The van der Waals surface area contributed by atoms with Crippen molar-refractivity contribution in [3.8, 4) is 5.75 Å². The molecule has 0 aliphatic carbocycles. The maximum Gasteiger partial charge on any atom is 0.161 e. The second kappa shape index (κ2) is 6.78. The van der Waals surface area contributed by atoms with E-state index in [0.717, 1.165) is 22.8 Å². The highest BCUT2D eigenvalue weighted by atomic mass is 32.2. The van der Waals surface area contributed by atoms with Gasteiger partial charge in [-0.05, 0) is 23.4 Å². The Labute approximate surface area is 123 Å². The largest absolute Gasteiger partial charge is 0.493 e. The van der Waals surface area contributed by atoms with Crippen LogP contribution in [0.15, 0.2) is 35.4 Å². The van der Waals surface area contributed by atoms with E-state index >= 15 is 0 Å². The van der Waals surface area contributed by atoms with Crippen LogP contribution in [0.1, 0.15) is 24.2 Å². The first-order chi connectivity index (χ1) is 9.71. The van der Waals surface area contributed by atoms with Gasteiger partial charge in [0.2, 0.25) is 0 Å². The lowest BCUT2D eigenvalue weighted by molar-refractivity contribution is 0.401. The Morgan fingerprint density at radius 2 is 2.10 bits per heavy atom. The summed E-state index contributed by atoms with van der Waals surface area (Å²) >= 11 is 1.82. The van der Waals surface area contributed by atoms with Crippen LogP contribution in [0.25, 0.3) is 0 Å². The van der Waals surface area contributed by atoms with Gasteiger partial charge in [0.25, 0.3) is 0 Å². The van der Waals surface area contributed by atoms with E-state index in [9.17, 15) is 0 Å². The molecule has 0 amide bonds. The van der Waals surface area contributed by atoms with E-state index in [2.05, 4.69) is 41.7 Å². The van der Waals surface area contributed by atoms with Gasteiger partial charge in [-0.1, -0.05) is 19.1 Å². The zero-order valence-electron chi connectivity index (χ0n) is 12.0. The summed E-state index contributed by atoms with van der Waals surface area (Å²) < 4.78 is 7.13. The smallest absolute Gasteiger partial charge is 0.161 e. The molecule has 108 valence electrons. The predicted octanol–water partition coefficient (Wildman–Crippen LogP) is 2.09. The second-order valence-electron chi connectivity index (χ2n) is 4.32. The van der Waals surface area contributed by atoms with E-state index in [1.807, 2.05) is 18.8 Å². The number of nitrogens with one attached hydrogen (secondary N) is 1. The van der Waals surface area contributed by atoms with Gasteiger partial charge in [0, 0.05) is 11.9 Å². The molecule has 1 aromatic heterocycles. The molecule has 1 aromatic carbocycles. The molecule has 0 aliphatic heterocycles. The quantitative estimate of drug-likeness (QED) is 0.485. The molecule has 0 aliphatic rings. The van der Waals surface area contributed by atoms with Crippen molar-refractivity contribution in [2.45, 2.75) is 17.9 Å². The van der Waals surface area contributed by atoms with E-state index < -0.39 is 0 Å². The number of rotatable bonds is 6. The van der Waals surface area contributed by atoms with Crippen LogP contribution in [0.5, 0.6) is 5.75 Å². The summed E-state index contributed by atoms with van der Waals surface area (Å²) in [4.78, 5) is 1.25. The molecular formula is C14H20N4OS. The van der Waals surface area contributed by atoms with Gasteiger partial charge in [-0.3, -0.25) is 10.5 Å². The minimum Gasteiger partial charge on any atom is -0.493 e. The number of aromatic nitrogens is 2. The predicted molar refractivity (Wildman–Crippen MR) is 81.8 cm³/mol. The highest BCUT2D eigenvalue weighted by molar-refractivity contribution is 7.99. The highest BCUT2D eigenvalue weighted by Gasteiger charge is 2.21. The van der Waals surface area contributed by atoms with Gasteiger partial charge >= 0.3 is 0 Å². The number of benzene rings is 1. The van der Waals surface area contributed by atoms with Crippen molar-refractivity contribution >= 4 is 11.8 Å². The summed E-state index contributed by atoms with van der Waals surface area (Å²) in [6, 6.07) is 8.22. The van der Waals surface area contributed by atoms with Crippen molar-refractivity contribution in [1.82, 2.24) is 15.2 Å². The molecule has 0 spiro atoms. The van der Waals surface area contributed by atoms with Gasteiger partial charge in [-0.15, -0.1) is 11.8 Å². The average molecular weight is 292 g/mol. The molecule has 0 radical (unpaired) electrons. The first-order valence-electron chi connectivity index (χ1n) is 6.46. The summed E-state index contributed by atoms with van der Waals surface area (Å²) in [5, 5.41) is 4.22. The SMILES string of the molecule is CCSc1ccc(C(NN)c2c(OC)cnn2C)cc1. The van der Waals surface area contributed by atoms with Crippen LogP contribution in [0.4, 0.5) is 0 Å². The lowest BCUT2D eigenvalue weighted by Crippen LogP contribution is -2.30. The number of hydrazine groups is 1. The molecular weight excluding hydrogens is 272 g/mol. The molecule has 0 fully saturated rings. The summed E-state index contributed by atoms with van der Waals surface area (Å²) in [6.45, 7) is 2.14. The lowest BCUT2D eigenvalue weighted by Gasteiger charge is -2.18. The van der Waals surface area contributed by atoms with Gasteiger partial charge in [-0.25, -0.2) is 5.43 Å². The number of methoxy groups -OCH3 is 1. The Kier molecular flexibility index (Phi) is 5.05. The maximum atomic E-state index is 5.73. The molecule has 1 atom stereocenters. The summed E-state index contributed by atoms with van der Waals surface area (Å²) in [7, 11) is 3.51. The fourth-order valence-electron chi connectivity index (χ4n) is 2.17. The number of thioether (sulfide) groups is 1. The van der Waals surface area contributed by atoms with Crippen LogP contribution >= 0.6 is 11.8 Å². The molecule has 1 heterocycles.